The van der Waals surface area contributed by atoms with Crippen LogP contribution in [0, 0.1) is 0 Å². The van der Waals surface area contributed by atoms with Crippen molar-refractivity contribution in [3.05, 3.63) is 51.9 Å². The molecule has 1 aliphatic rings. The van der Waals surface area contributed by atoms with Gasteiger partial charge in [0.25, 0.3) is 5.56 Å². The first-order valence-corrected chi connectivity index (χ1v) is 6.20. The number of para-hydroxylation sites is 1. The Morgan fingerprint density at radius 3 is 2.82 bits per heavy atom. The molecule has 1 aliphatic carbocycles. The van der Waals surface area contributed by atoms with E-state index in [1.165, 1.54) is 18.4 Å². The zero-order valence-corrected chi connectivity index (χ0v) is 9.94. The molecule has 2 aromatic rings. The maximum absolute atomic E-state index is 12.0. The fraction of sp³-hybridized carbons (Fsp3) is 0.357. The smallest absolute Gasteiger partial charge is 0.271 e. The molecule has 0 amide bonds. The number of hydrogen-bond acceptors (Lipinski definition) is 1. The number of aromatic amines is 1. The minimum Gasteiger partial charge on any atom is -0.295 e. The van der Waals surface area contributed by atoms with E-state index in [4.69, 9.17) is 0 Å². The Balaban J connectivity index is 2.11. The van der Waals surface area contributed by atoms with Crippen LogP contribution < -0.4 is 5.56 Å². The van der Waals surface area contributed by atoms with Crippen LogP contribution in [0.1, 0.15) is 36.9 Å². The van der Waals surface area contributed by atoms with Crippen LogP contribution in [0.2, 0.25) is 0 Å². The topological polar surface area (TPSA) is 37.8 Å². The summed E-state index contributed by atoms with van der Waals surface area (Å²) in [6, 6.07) is 9.79. The molecule has 1 aromatic carbocycles. The number of nitrogens with zero attached hydrogens (tertiary/aromatic N) is 1. The average molecular weight is 228 g/mol. The van der Waals surface area contributed by atoms with E-state index in [1.807, 2.05) is 18.2 Å². The van der Waals surface area contributed by atoms with Crippen LogP contribution in [-0.4, -0.2) is 9.78 Å². The van der Waals surface area contributed by atoms with Gasteiger partial charge >= 0.3 is 0 Å². The van der Waals surface area contributed by atoms with Crippen molar-refractivity contribution in [1.29, 1.82) is 0 Å². The van der Waals surface area contributed by atoms with Crippen LogP contribution in [0.25, 0.3) is 5.69 Å². The summed E-state index contributed by atoms with van der Waals surface area (Å²) in [5, 5.41) is 3.24. The molecule has 0 spiro atoms. The van der Waals surface area contributed by atoms with Crippen molar-refractivity contribution in [3.63, 3.8) is 0 Å². The number of aryl methyl sites for hydroxylation is 1. The number of benzene rings is 1. The molecule has 1 saturated carbocycles. The van der Waals surface area contributed by atoms with E-state index >= 15 is 0 Å². The summed E-state index contributed by atoms with van der Waals surface area (Å²) in [5.74, 6) is 0.581. The predicted molar refractivity (Wildman–Crippen MR) is 67.7 cm³/mol. The zero-order chi connectivity index (χ0) is 11.8. The summed E-state index contributed by atoms with van der Waals surface area (Å²) in [6.45, 7) is 2.11. The summed E-state index contributed by atoms with van der Waals surface area (Å²) in [5.41, 5.74) is 3.31. The molecule has 88 valence electrons. The lowest BCUT2D eigenvalue weighted by Crippen LogP contribution is -2.15. The molecule has 0 aliphatic heterocycles. The van der Waals surface area contributed by atoms with Gasteiger partial charge in [0, 0.05) is 17.7 Å². The molecule has 17 heavy (non-hydrogen) atoms. The first kappa shape index (κ1) is 10.4. The van der Waals surface area contributed by atoms with Gasteiger partial charge in [-0.1, -0.05) is 25.1 Å². The van der Waals surface area contributed by atoms with Gasteiger partial charge < -0.3 is 0 Å². The Bertz CT molecular complexity index is 590. The third kappa shape index (κ3) is 1.82. The van der Waals surface area contributed by atoms with E-state index in [1.54, 1.807) is 10.7 Å². The number of rotatable bonds is 3. The zero-order valence-electron chi connectivity index (χ0n) is 9.94. The van der Waals surface area contributed by atoms with E-state index in [0.29, 0.717) is 5.92 Å². The molecule has 3 rings (SSSR count). The van der Waals surface area contributed by atoms with Crippen molar-refractivity contribution in [1.82, 2.24) is 9.78 Å². The Kier molecular flexibility index (Phi) is 2.39. The highest BCUT2D eigenvalue weighted by Crippen LogP contribution is 2.38. The highest BCUT2D eigenvalue weighted by molar-refractivity contribution is 5.40. The Hall–Kier alpha value is -1.77. The van der Waals surface area contributed by atoms with E-state index in [0.717, 1.165) is 17.8 Å². The van der Waals surface area contributed by atoms with Gasteiger partial charge in [-0.05, 0) is 30.9 Å². The molecule has 1 fully saturated rings. The van der Waals surface area contributed by atoms with Crippen molar-refractivity contribution in [2.45, 2.75) is 32.1 Å². The van der Waals surface area contributed by atoms with Crippen molar-refractivity contribution in [3.8, 4) is 5.69 Å². The molecule has 0 bridgehead atoms. The van der Waals surface area contributed by atoms with Crippen LogP contribution in [-0.2, 0) is 6.42 Å². The molecule has 3 nitrogen and oxygen atoms in total. The van der Waals surface area contributed by atoms with E-state index in [9.17, 15) is 4.79 Å². The molecule has 3 heteroatoms. The number of hydrogen-bond donors (Lipinski definition) is 1. The summed E-state index contributed by atoms with van der Waals surface area (Å²) >= 11 is 0. The van der Waals surface area contributed by atoms with E-state index in [-0.39, 0.29) is 5.56 Å². The second-order valence-electron chi connectivity index (χ2n) is 4.64. The quantitative estimate of drug-likeness (QED) is 0.861. The van der Waals surface area contributed by atoms with Gasteiger partial charge in [0.15, 0.2) is 0 Å². The summed E-state index contributed by atoms with van der Waals surface area (Å²) in [6.07, 6.45) is 3.34. The number of nitrogens with one attached hydrogen (secondary N) is 1. The molecular weight excluding hydrogens is 212 g/mol. The highest BCUT2D eigenvalue weighted by Gasteiger charge is 2.26. The standard InChI is InChI=1S/C14H16N2O/c1-2-10-5-3-4-6-13(10)16-14(17)9-12(15-16)11-7-8-11/h3-6,9,11,15H,2,7-8H2,1H3. The van der Waals surface area contributed by atoms with Crippen LogP contribution >= 0.6 is 0 Å². The molecule has 0 radical (unpaired) electrons. The average Bonchev–Trinajstić information content (AvgIpc) is 3.13. The Morgan fingerprint density at radius 2 is 2.12 bits per heavy atom. The van der Waals surface area contributed by atoms with Gasteiger partial charge in [-0.3, -0.25) is 9.89 Å². The number of H-pyrrole nitrogens is 1. The normalized spacial score (nSPS) is 15.1. The second-order valence-corrected chi connectivity index (χ2v) is 4.64. The molecular formula is C14H16N2O. The first-order valence-electron chi connectivity index (χ1n) is 6.20. The summed E-state index contributed by atoms with van der Waals surface area (Å²) < 4.78 is 1.67. The van der Waals surface area contributed by atoms with Crippen LogP contribution in [0.15, 0.2) is 35.1 Å². The lowest BCUT2D eigenvalue weighted by Gasteiger charge is -2.07. The van der Waals surface area contributed by atoms with Crippen molar-refractivity contribution >= 4 is 0 Å². The van der Waals surface area contributed by atoms with Crippen LogP contribution in [0.3, 0.4) is 0 Å². The Morgan fingerprint density at radius 1 is 1.35 bits per heavy atom. The van der Waals surface area contributed by atoms with E-state index < -0.39 is 0 Å². The van der Waals surface area contributed by atoms with Crippen LogP contribution in [0.5, 0.6) is 0 Å². The maximum atomic E-state index is 12.0. The van der Waals surface area contributed by atoms with Gasteiger partial charge in [0.05, 0.1) is 5.69 Å². The van der Waals surface area contributed by atoms with Gasteiger partial charge in [-0.25, -0.2) is 4.68 Å². The fourth-order valence-electron chi connectivity index (χ4n) is 2.22. The molecule has 1 aromatic heterocycles. The Labute approximate surface area is 100 Å². The minimum absolute atomic E-state index is 0.0489. The lowest BCUT2D eigenvalue weighted by molar-refractivity contribution is 0.805. The van der Waals surface area contributed by atoms with Gasteiger partial charge in [-0.2, -0.15) is 0 Å². The summed E-state index contributed by atoms with van der Waals surface area (Å²) in [7, 11) is 0. The molecule has 0 saturated heterocycles. The third-order valence-electron chi connectivity index (χ3n) is 3.37. The SMILES string of the molecule is CCc1ccccc1-n1[nH]c(C2CC2)cc1=O. The molecule has 1 N–H and O–H groups in total. The van der Waals surface area contributed by atoms with E-state index in [2.05, 4.69) is 18.1 Å². The molecule has 1 heterocycles. The summed E-state index contributed by atoms with van der Waals surface area (Å²) in [4.78, 5) is 12.0. The third-order valence-corrected chi connectivity index (χ3v) is 3.37. The van der Waals surface area contributed by atoms with Crippen molar-refractivity contribution in [2.75, 3.05) is 0 Å². The van der Waals surface area contributed by atoms with Crippen LogP contribution in [0.4, 0.5) is 0 Å². The molecule has 0 unspecified atom stereocenters. The molecule has 0 atom stereocenters. The minimum atomic E-state index is 0.0489. The first-order chi connectivity index (χ1) is 8.29. The maximum Gasteiger partial charge on any atom is 0.271 e. The van der Waals surface area contributed by atoms with Crippen molar-refractivity contribution < 1.29 is 0 Å². The van der Waals surface area contributed by atoms with Gasteiger partial charge in [0.1, 0.15) is 0 Å². The van der Waals surface area contributed by atoms with Gasteiger partial charge in [0.2, 0.25) is 0 Å². The van der Waals surface area contributed by atoms with Crippen molar-refractivity contribution in [2.24, 2.45) is 0 Å². The lowest BCUT2D eigenvalue weighted by atomic mass is 10.1. The largest absolute Gasteiger partial charge is 0.295 e. The number of aromatic nitrogens is 2. The monoisotopic (exact) mass is 228 g/mol. The predicted octanol–water partition coefficient (Wildman–Crippen LogP) is 2.61. The second kappa shape index (κ2) is 3.91. The van der Waals surface area contributed by atoms with Gasteiger partial charge in [-0.15, -0.1) is 0 Å². The fourth-order valence-corrected chi connectivity index (χ4v) is 2.22. The highest BCUT2D eigenvalue weighted by atomic mass is 16.1.